The minimum Gasteiger partial charge on any atom is -0.508 e. The van der Waals surface area contributed by atoms with E-state index in [4.69, 9.17) is 0 Å². The largest absolute Gasteiger partial charge is 0.508 e. The highest BCUT2D eigenvalue weighted by Gasteiger charge is 2.15. The lowest BCUT2D eigenvalue weighted by atomic mass is 10.1. The minimum absolute atomic E-state index is 0.260. The molecular weight excluding hydrogens is 328 g/mol. The molecule has 3 heterocycles. The van der Waals surface area contributed by atoms with Crippen molar-refractivity contribution in [1.29, 1.82) is 0 Å². The van der Waals surface area contributed by atoms with Gasteiger partial charge in [-0.05, 0) is 24.7 Å². The molecule has 1 aliphatic rings. The lowest BCUT2D eigenvalue weighted by Gasteiger charge is -2.32. The highest BCUT2D eigenvalue weighted by molar-refractivity contribution is 6.00. The molecule has 0 radical (unpaired) electrons. The Labute approximate surface area is 152 Å². The predicted molar refractivity (Wildman–Crippen MR) is 103 cm³/mol. The Balaban J connectivity index is 1.52. The number of H-pyrrole nitrogens is 1. The molecule has 0 bridgehead atoms. The molecule has 3 aromatic rings. The Bertz CT molecular complexity index is 867. The smallest absolute Gasteiger partial charge is 0.143 e. The van der Waals surface area contributed by atoms with E-state index in [0.29, 0.717) is 0 Å². The molecule has 1 fully saturated rings. The van der Waals surface area contributed by atoms with E-state index in [2.05, 4.69) is 37.1 Å². The summed E-state index contributed by atoms with van der Waals surface area (Å²) in [7, 11) is 2.17. The third kappa shape index (κ3) is 3.49. The number of aromatic amines is 1. The molecule has 0 atom stereocenters. The first-order chi connectivity index (χ1) is 12.7. The summed E-state index contributed by atoms with van der Waals surface area (Å²) in [6, 6.07) is 7.19. The number of anilines is 1. The molecule has 0 amide bonds. The highest BCUT2D eigenvalue weighted by Crippen LogP contribution is 2.32. The maximum atomic E-state index is 9.53. The number of aromatic nitrogens is 3. The van der Waals surface area contributed by atoms with E-state index in [1.807, 2.05) is 18.3 Å². The molecule has 7 heteroatoms. The fourth-order valence-electron chi connectivity index (χ4n) is 3.37. The van der Waals surface area contributed by atoms with E-state index in [-0.39, 0.29) is 5.75 Å². The third-order valence-corrected chi connectivity index (χ3v) is 4.96. The van der Waals surface area contributed by atoms with Crippen LogP contribution in [0.2, 0.25) is 0 Å². The Morgan fingerprint density at radius 2 is 1.88 bits per heavy atom. The normalized spacial score (nSPS) is 16.2. The van der Waals surface area contributed by atoms with Gasteiger partial charge in [-0.25, -0.2) is 9.97 Å². The Morgan fingerprint density at radius 3 is 2.65 bits per heavy atom. The molecule has 2 aromatic heterocycles. The second-order valence-electron chi connectivity index (χ2n) is 6.77. The van der Waals surface area contributed by atoms with Crippen LogP contribution in [0.25, 0.3) is 22.2 Å². The summed E-state index contributed by atoms with van der Waals surface area (Å²) >= 11 is 0. The van der Waals surface area contributed by atoms with Crippen molar-refractivity contribution in [2.24, 2.45) is 0 Å². The monoisotopic (exact) mass is 352 g/mol. The number of hydrogen-bond donors (Lipinski definition) is 3. The first-order valence-electron chi connectivity index (χ1n) is 8.97. The molecule has 0 spiro atoms. The van der Waals surface area contributed by atoms with Gasteiger partial charge in [0.25, 0.3) is 0 Å². The first kappa shape index (κ1) is 16.8. The molecule has 0 saturated carbocycles. The number of piperazine rings is 1. The lowest BCUT2D eigenvalue weighted by Crippen LogP contribution is -2.45. The number of nitrogens with one attached hydrogen (secondary N) is 2. The second kappa shape index (κ2) is 7.31. The highest BCUT2D eigenvalue weighted by atomic mass is 16.3. The van der Waals surface area contributed by atoms with Gasteiger partial charge in [-0.15, -0.1) is 0 Å². The average Bonchev–Trinajstić information content (AvgIpc) is 3.09. The summed E-state index contributed by atoms with van der Waals surface area (Å²) in [5, 5.41) is 14.0. The number of hydrogen-bond acceptors (Lipinski definition) is 6. The summed E-state index contributed by atoms with van der Waals surface area (Å²) in [4.78, 5) is 16.9. The molecule has 1 aliphatic heterocycles. The Morgan fingerprint density at radius 1 is 1.12 bits per heavy atom. The minimum atomic E-state index is 0.260. The Kier molecular flexibility index (Phi) is 4.73. The van der Waals surface area contributed by atoms with Crippen molar-refractivity contribution >= 4 is 16.9 Å². The summed E-state index contributed by atoms with van der Waals surface area (Å²) < 4.78 is 0. The number of fused-ring (bicyclic) bond motifs is 1. The fourth-order valence-corrected chi connectivity index (χ4v) is 3.37. The van der Waals surface area contributed by atoms with Crippen LogP contribution in [-0.2, 0) is 0 Å². The molecule has 0 unspecified atom stereocenters. The van der Waals surface area contributed by atoms with Crippen LogP contribution in [-0.4, -0.2) is 76.2 Å². The summed E-state index contributed by atoms with van der Waals surface area (Å²) in [6.07, 6.45) is 3.52. The SMILES string of the molecule is CN1CCN(CCNc2ncnc3[nH]cc(-c4ccc(O)cc4)c23)CC1. The van der Waals surface area contributed by atoms with Gasteiger partial charge in [-0.1, -0.05) is 12.1 Å². The van der Waals surface area contributed by atoms with Crippen LogP contribution in [0, 0.1) is 0 Å². The number of phenolic OH excluding ortho intramolecular Hbond substituents is 1. The van der Waals surface area contributed by atoms with Gasteiger partial charge < -0.3 is 20.3 Å². The number of rotatable bonds is 5. The zero-order chi connectivity index (χ0) is 17.9. The van der Waals surface area contributed by atoms with Crippen molar-refractivity contribution < 1.29 is 5.11 Å². The number of phenols is 1. The lowest BCUT2D eigenvalue weighted by molar-refractivity contribution is 0.158. The van der Waals surface area contributed by atoms with Crippen molar-refractivity contribution in [3.63, 3.8) is 0 Å². The summed E-state index contributed by atoms with van der Waals surface area (Å²) in [6.45, 7) is 6.32. The van der Waals surface area contributed by atoms with Crippen LogP contribution in [0.3, 0.4) is 0 Å². The first-order valence-corrected chi connectivity index (χ1v) is 8.97. The van der Waals surface area contributed by atoms with Crippen molar-refractivity contribution in [2.45, 2.75) is 0 Å². The van der Waals surface area contributed by atoms with Crippen LogP contribution in [0.15, 0.2) is 36.8 Å². The maximum Gasteiger partial charge on any atom is 0.143 e. The van der Waals surface area contributed by atoms with Gasteiger partial charge >= 0.3 is 0 Å². The molecule has 26 heavy (non-hydrogen) atoms. The molecule has 4 rings (SSSR count). The average molecular weight is 352 g/mol. The van der Waals surface area contributed by atoms with E-state index in [1.54, 1.807) is 18.5 Å². The van der Waals surface area contributed by atoms with Crippen LogP contribution in [0.5, 0.6) is 5.75 Å². The molecule has 7 nitrogen and oxygen atoms in total. The third-order valence-electron chi connectivity index (χ3n) is 4.96. The molecule has 1 aromatic carbocycles. The Hall–Kier alpha value is -2.64. The maximum absolute atomic E-state index is 9.53. The fraction of sp³-hybridized carbons (Fsp3) is 0.368. The van der Waals surface area contributed by atoms with E-state index in [0.717, 1.165) is 67.2 Å². The van der Waals surface area contributed by atoms with Gasteiger partial charge in [0, 0.05) is 51.0 Å². The molecule has 3 N–H and O–H groups in total. The van der Waals surface area contributed by atoms with Gasteiger partial charge in [0.1, 0.15) is 23.5 Å². The van der Waals surface area contributed by atoms with Crippen LogP contribution < -0.4 is 5.32 Å². The molecule has 1 saturated heterocycles. The van der Waals surface area contributed by atoms with Crippen LogP contribution in [0.1, 0.15) is 0 Å². The van der Waals surface area contributed by atoms with Gasteiger partial charge in [-0.2, -0.15) is 0 Å². The topological polar surface area (TPSA) is 80.3 Å². The van der Waals surface area contributed by atoms with E-state index in [1.165, 1.54) is 0 Å². The van der Waals surface area contributed by atoms with Crippen LogP contribution >= 0.6 is 0 Å². The summed E-state index contributed by atoms with van der Waals surface area (Å²) in [5.74, 6) is 1.10. The quantitative estimate of drug-likeness (QED) is 0.652. The van der Waals surface area contributed by atoms with E-state index >= 15 is 0 Å². The van der Waals surface area contributed by atoms with E-state index < -0.39 is 0 Å². The van der Waals surface area contributed by atoms with Crippen molar-refractivity contribution in [2.75, 3.05) is 51.6 Å². The van der Waals surface area contributed by atoms with Gasteiger partial charge in [0.15, 0.2) is 0 Å². The molecular formula is C19H24N6O. The predicted octanol–water partition coefficient (Wildman–Crippen LogP) is 1.99. The van der Waals surface area contributed by atoms with Crippen molar-refractivity contribution in [3.05, 3.63) is 36.8 Å². The number of nitrogens with zero attached hydrogens (tertiary/aromatic N) is 4. The van der Waals surface area contributed by atoms with E-state index in [9.17, 15) is 5.11 Å². The number of benzene rings is 1. The van der Waals surface area contributed by atoms with Crippen molar-refractivity contribution in [1.82, 2.24) is 24.8 Å². The van der Waals surface area contributed by atoms with Crippen molar-refractivity contribution in [3.8, 4) is 16.9 Å². The van der Waals surface area contributed by atoms with Gasteiger partial charge in [0.2, 0.25) is 0 Å². The molecule has 136 valence electrons. The number of aromatic hydroxyl groups is 1. The molecule has 0 aliphatic carbocycles. The zero-order valence-corrected chi connectivity index (χ0v) is 14.9. The zero-order valence-electron chi connectivity index (χ0n) is 14.9. The summed E-state index contributed by atoms with van der Waals surface area (Å²) in [5.41, 5.74) is 2.86. The van der Waals surface area contributed by atoms with Crippen LogP contribution in [0.4, 0.5) is 5.82 Å². The van der Waals surface area contributed by atoms with Gasteiger partial charge in [0.05, 0.1) is 5.39 Å². The number of likely N-dealkylation sites (N-methyl/N-ethyl adjacent to an activating group) is 1. The standard InChI is InChI=1S/C19H24N6O/c1-24-8-10-25(11-9-24)7-6-20-18-17-16(12-21-19(17)23-13-22-18)14-2-4-15(26)5-3-14/h2-5,12-13,26H,6-11H2,1H3,(H2,20,21,22,23). The second-order valence-corrected chi connectivity index (χ2v) is 6.77. The van der Waals surface area contributed by atoms with Gasteiger partial charge in [-0.3, -0.25) is 4.90 Å².